The summed E-state index contributed by atoms with van der Waals surface area (Å²) in [5.74, 6) is 2.30. The van der Waals surface area contributed by atoms with Crippen LogP contribution in [0.5, 0.6) is 0 Å². The Hall–Kier alpha value is -1.91. The Labute approximate surface area is 228 Å². The van der Waals surface area contributed by atoms with E-state index in [0.29, 0.717) is 32.2 Å². The molecule has 7 nitrogen and oxygen atoms in total. The van der Waals surface area contributed by atoms with Crippen molar-refractivity contribution < 1.29 is 24.2 Å². The number of Topliss-reactive ketones (excluding diaryl/α,β-unsaturated/α-hetero) is 1. The monoisotopic (exact) mass is 528 g/mol. The second-order valence-corrected chi connectivity index (χ2v) is 13.8. The van der Waals surface area contributed by atoms with Crippen LogP contribution in [0.4, 0.5) is 4.79 Å². The minimum Gasteiger partial charge on any atom is -0.445 e. The van der Waals surface area contributed by atoms with Crippen LogP contribution in [0.3, 0.4) is 0 Å². The Morgan fingerprint density at radius 2 is 1.92 bits per heavy atom. The van der Waals surface area contributed by atoms with Crippen molar-refractivity contribution >= 4 is 17.8 Å². The zero-order valence-corrected chi connectivity index (χ0v) is 24.2. The van der Waals surface area contributed by atoms with Gasteiger partial charge in [-0.3, -0.25) is 14.9 Å². The third-order valence-corrected chi connectivity index (χ3v) is 11.7. The van der Waals surface area contributed by atoms with E-state index < -0.39 is 29.1 Å². The Morgan fingerprint density at radius 3 is 2.61 bits per heavy atom. The average molecular weight is 529 g/mol. The zero-order chi connectivity index (χ0) is 28.0. The number of terminal acetylenes is 1. The van der Waals surface area contributed by atoms with E-state index in [-0.39, 0.29) is 46.7 Å². The van der Waals surface area contributed by atoms with Gasteiger partial charge in [0.2, 0.25) is 5.91 Å². The molecule has 2 N–H and O–H groups in total. The van der Waals surface area contributed by atoms with Gasteiger partial charge in [0, 0.05) is 30.7 Å². The molecule has 1 saturated heterocycles. The maximum Gasteiger partial charge on any atom is 0.414 e. The molecule has 0 radical (unpaired) electrons. The van der Waals surface area contributed by atoms with Crippen molar-refractivity contribution in [1.29, 1.82) is 0 Å². The van der Waals surface area contributed by atoms with Gasteiger partial charge < -0.3 is 14.7 Å². The molecule has 10 atom stereocenters. The van der Waals surface area contributed by atoms with E-state index in [2.05, 4.69) is 36.9 Å². The maximum atomic E-state index is 13.6. The fraction of sp³-hybridized carbons (Fsp3) is 0.839. The average Bonchev–Trinajstić information content (AvgIpc) is 3.22. The summed E-state index contributed by atoms with van der Waals surface area (Å²) in [6.45, 7) is 12.0. The first-order chi connectivity index (χ1) is 17.8. The molecule has 4 fully saturated rings. The molecule has 0 aromatic rings. The minimum absolute atomic E-state index is 0.0744. The SMILES string of the molecule is C#CCC[C@]1(C)C[C@@H](OC(=O)NC(=O)[C@H]2CN(C)CC[C@@H]2C)[C@@]2(C)C3C(=O)CCC3(CC[C@H]2C)[C@@H](C)[C@@H]1O. The van der Waals surface area contributed by atoms with Crippen LogP contribution >= 0.6 is 0 Å². The Bertz CT molecular complexity index is 991. The number of carbonyl (C=O) groups excluding carboxylic acids is 3. The lowest BCUT2D eigenvalue weighted by Crippen LogP contribution is -2.63. The molecular formula is C31H48N2O5. The van der Waals surface area contributed by atoms with E-state index >= 15 is 0 Å². The van der Waals surface area contributed by atoms with Crippen LogP contribution in [0.1, 0.15) is 86.0 Å². The topological polar surface area (TPSA) is 95.9 Å². The highest BCUT2D eigenvalue weighted by Gasteiger charge is 2.68. The lowest BCUT2D eigenvalue weighted by molar-refractivity contribution is -0.199. The van der Waals surface area contributed by atoms with Gasteiger partial charge in [0.1, 0.15) is 11.9 Å². The summed E-state index contributed by atoms with van der Waals surface area (Å²) in [4.78, 5) is 42.2. The fourth-order valence-electron chi connectivity index (χ4n) is 8.89. The number of ether oxygens (including phenoxy) is 1. The van der Waals surface area contributed by atoms with Gasteiger partial charge in [-0.15, -0.1) is 12.3 Å². The number of ketones is 1. The normalized spacial score (nSPS) is 45.3. The number of aliphatic hydroxyl groups is 1. The van der Waals surface area contributed by atoms with E-state index in [1.54, 1.807) is 0 Å². The van der Waals surface area contributed by atoms with E-state index in [1.807, 2.05) is 20.9 Å². The van der Waals surface area contributed by atoms with Crippen molar-refractivity contribution in [2.24, 2.45) is 45.8 Å². The van der Waals surface area contributed by atoms with Crippen molar-refractivity contribution in [2.75, 3.05) is 20.1 Å². The number of amides is 2. The molecule has 2 amide bonds. The number of imide groups is 1. The molecule has 0 spiro atoms. The largest absolute Gasteiger partial charge is 0.445 e. The smallest absolute Gasteiger partial charge is 0.414 e. The van der Waals surface area contributed by atoms with Gasteiger partial charge in [-0.1, -0.05) is 34.6 Å². The molecule has 3 aliphatic carbocycles. The van der Waals surface area contributed by atoms with E-state index in [0.717, 1.165) is 32.2 Å². The number of hydrogen-bond acceptors (Lipinski definition) is 6. The van der Waals surface area contributed by atoms with Crippen LogP contribution in [0.25, 0.3) is 0 Å². The number of rotatable bonds is 4. The molecule has 4 rings (SSSR count). The van der Waals surface area contributed by atoms with Crippen molar-refractivity contribution in [3.8, 4) is 12.3 Å². The molecule has 2 bridgehead atoms. The zero-order valence-electron chi connectivity index (χ0n) is 24.2. The van der Waals surface area contributed by atoms with Gasteiger partial charge >= 0.3 is 6.09 Å². The third-order valence-electron chi connectivity index (χ3n) is 11.7. The number of hydrogen-bond donors (Lipinski definition) is 2. The van der Waals surface area contributed by atoms with E-state index in [1.165, 1.54) is 0 Å². The predicted molar refractivity (Wildman–Crippen MR) is 146 cm³/mol. The van der Waals surface area contributed by atoms with Crippen molar-refractivity contribution in [1.82, 2.24) is 10.2 Å². The number of aliphatic hydroxyl groups excluding tert-OH is 1. The number of carbonyl (C=O) groups is 3. The van der Waals surface area contributed by atoms with Crippen molar-refractivity contribution in [3.63, 3.8) is 0 Å². The Balaban J connectivity index is 1.68. The van der Waals surface area contributed by atoms with Crippen LogP contribution in [-0.4, -0.2) is 60.1 Å². The van der Waals surface area contributed by atoms with Gasteiger partial charge in [-0.05, 0) is 80.7 Å². The molecule has 4 aliphatic rings. The number of piperidine rings is 1. The summed E-state index contributed by atoms with van der Waals surface area (Å²) in [7, 11) is 1.98. The molecule has 212 valence electrons. The first-order valence-corrected chi connectivity index (χ1v) is 14.6. The first-order valence-electron chi connectivity index (χ1n) is 14.6. The van der Waals surface area contributed by atoms with Crippen LogP contribution < -0.4 is 5.32 Å². The summed E-state index contributed by atoms with van der Waals surface area (Å²) in [5, 5.41) is 14.4. The summed E-state index contributed by atoms with van der Waals surface area (Å²) in [5.41, 5.74) is -1.52. The number of nitrogens with one attached hydrogen (secondary N) is 1. The standard InChI is InChI=1S/C31H48N2O5/c1-8-9-13-29(5)17-24(38-28(37)32-27(36)22-18-33(7)16-12-19(22)2)30(6)20(3)10-14-31(21(4)26(29)35)15-11-23(34)25(30)31/h1,19-22,24-26,35H,9-18H2,2-7H3,(H,32,36,37)/t19-,20+,21-,22-,24+,25?,26-,29+,30-,31?/m0/s1. The molecular weight excluding hydrogens is 480 g/mol. The molecule has 38 heavy (non-hydrogen) atoms. The molecule has 0 aromatic carbocycles. The number of likely N-dealkylation sites (tertiary alicyclic amines) is 1. The Morgan fingerprint density at radius 1 is 1.21 bits per heavy atom. The maximum absolute atomic E-state index is 13.6. The van der Waals surface area contributed by atoms with Crippen LogP contribution in [0.2, 0.25) is 0 Å². The third kappa shape index (κ3) is 4.70. The van der Waals surface area contributed by atoms with Gasteiger partial charge in [-0.2, -0.15) is 0 Å². The molecule has 3 saturated carbocycles. The van der Waals surface area contributed by atoms with Crippen LogP contribution in [-0.2, 0) is 14.3 Å². The minimum atomic E-state index is -0.752. The quantitative estimate of drug-likeness (QED) is 0.525. The molecule has 2 unspecified atom stereocenters. The summed E-state index contributed by atoms with van der Waals surface area (Å²) in [6, 6.07) is 0. The van der Waals surface area contributed by atoms with Crippen molar-refractivity contribution in [2.45, 2.75) is 98.2 Å². The highest BCUT2D eigenvalue weighted by molar-refractivity contribution is 5.93. The van der Waals surface area contributed by atoms with Gasteiger partial charge in [-0.25, -0.2) is 4.79 Å². The molecule has 7 heteroatoms. The van der Waals surface area contributed by atoms with E-state index in [4.69, 9.17) is 11.2 Å². The van der Waals surface area contributed by atoms with Crippen LogP contribution in [0, 0.1) is 58.2 Å². The van der Waals surface area contributed by atoms with Crippen molar-refractivity contribution in [3.05, 3.63) is 0 Å². The second kappa shape index (κ2) is 10.6. The first kappa shape index (κ1) is 29.1. The molecule has 1 aliphatic heterocycles. The molecule has 0 aromatic heterocycles. The summed E-state index contributed by atoms with van der Waals surface area (Å²) in [6.07, 6.45) is 9.02. The van der Waals surface area contributed by atoms with E-state index in [9.17, 15) is 19.5 Å². The lowest BCUT2D eigenvalue weighted by atomic mass is 9.43. The molecule has 1 heterocycles. The summed E-state index contributed by atoms with van der Waals surface area (Å²) >= 11 is 0. The van der Waals surface area contributed by atoms with Gasteiger partial charge in [0.15, 0.2) is 0 Å². The summed E-state index contributed by atoms with van der Waals surface area (Å²) < 4.78 is 6.22. The highest BCUT2D eigenvalue weighted by atomic mass is 16.6. The predicted octanol–water partition coefficient (Wildman–Crippen LogP) is 4.42. The fourth-order valence-corrected chi connectivity index (χ4v) is 8.89. The second-order valence-electron chi connectivity index (χ2n) is 13.8. The lowest BCUT2D eigenvalue weighted by Gasteiger charge is -2.62. The Kier molecular flexibility index (Phi) is 8.10. The highest BCUT2D eigenvalue weighted by Crippen LogP contribution is 2.68. The van der Waals surface area contributed by atoms with Gasteiger partial charge in [0.25, 0.3) is 0 Å². The van der Waals surface area contributed by atoms with Crippen LogP contribution in [0.15, 0.2) is 0 Å². The number of alkyl carbamates (subject to hydrolysis) is 1. The number of nitrogens with zero attached hydrogens (tertiary/aromatic N) is 1. The van der Waals surface area contributed by atoms with Gasteiger partial charge in [0.05, 0.1) is 12.0 Å².